The van der Waals surface area contributed by atoms with Crippen LogP contribution in [0.5, 0.6) is 0 Å². The fourth-order valence-corrected chi connectivity index (χ4v) is 3.39. The van der Waals surface area contributed by atoms with Crippen LogP contribution in [0.4, 0.5) is 5.69 Å². The number of carbonyl (C=O) groups excluding carboxylic acids is 2. The van der Waals surface area contributed by atoms with Crippen molar-refractivity contribution in [1.29, 1.82) is 0 Å². The van der Waals surface area contributed by atoms with Gasteiger partial charge in [-0.15, -0.1) is 0 Å². The normalized spacial score (nSPS) is 12.5. The number of carboxylic acid groups (broad SMARTS) is 1. The van der Waals surface area contributed by atoms with Gasteiger partial charge in [-0.3, -0.25) is 9.59 Å². The zero-order valence-corrected chi connectivity index (χ0v) is 23.2. The molecule has 38 heavy (non-hydrogen) atoms. The largest absolute Gasteiger partial charge is 0.478 e. The zero-order valence-electron chi connectivity index (χ0n) is 23.2. The van der Waals surface area contributed by atoms with Crippen LogP contribution in [0.1, 0.15) is 56.0 Å². The number of ether oxygens (including phenoxy) is 4. The number of carbonyl (C=O) groups is 3. The Kier molecular flexibility index (Phi) is 16.9. The Morgan fingerprint density at radius 2 is 1.74 bits per heavy atom. The number of carboxylic acids is 1. The van der Waals surface area contributed by atoms with Crippen LogP contribution in [-0.4, -0.2) is 88.2 Å². The van der Waals surface area contributed by atoms with E-state index in [1.54, 1.807) is 19.2 Å². The lowest BCUT2D eigenvalue weighted by Gasteiger charge is -2.21. The molecular weight excluding hydrogens is 492 g/mol. The highest BCUT2D eigenvalue weighted by atomic mass is 16.5. The summed E-state index contributed by atoms with van der Waals surface area (Å²) in [5.74, 6) is -2.05. The minimum atomic E-state index is -1.35. The molecule has 1 aromatic carbocycles. The molecule has 0 fully saturated rings. The summed E-state index contributed by atoms with van der Waals surface area (Å²) < 4.78 is 21.7. The molecule has 0 spiro atoms. The fourth-order valence-electron chi connectivity index (χ4n) is 3.39. The topological polar surface area (TPSA) is 132 Å². The molecule has 10 heteroatoms. The van der Waals surface area contributed by atoms with E-state index in [1.807, 2.05) is 26.8 Å². The van der Waals surface area contributed by atoms with Gasteiger partial charge in [0, 0.05) is 44.5 Å². The molecule has 214 valence electrons. The summed E-state index contributed by atoms with van der Waals surface area (Å²) >= 11 is 0. The van der Waals surface area contributed by atoms with Crippen LogP contribution in [0.2, 0.25) is 0 Å². The van der Waals surface area contributed by atoms with E-state index in [9.17, 15) is 14.4 Å². The van der Waals surface area contributed by atoms with E-state index in [0.29, 0.717) is 64.7 Å². The molecule has 2 atom stereocenters. The predicted molar refractivity (Wildman–Crippen MR) is 146 cm³/mol. The fraction of sp³-hybridized carbons (Fsp3) is 0.607. The standard InChI is InChI=1S/C28H44N2O8/c1-6-13-38-22(4)21(3)30-26(31)11-15-37-18-17-36-14-7-8-23-9-10-25(29-12-16-35-5)24(19-23)27(32)20(2)28(33)34/h9-10,19,21-22,29H,2,6-8,11-18H2,1,3-5H3,(H,30,31)(H,33,34). The Labute approximate surface area is 226 Å². The highest BCUT2D eigenvalue weighted by Crippen LogP contribution is 2.22. The zero-order chi connectivity index (χ0) is 28.3. The molecule has 0 aromatic heterocycles. The van der Waals surface area contributed by atoms with Gasteiger partial charge in [0.1, 0.15) is 5.57 Å². The van der Waals surface area contributed by atoms with Gasteiger partial charge in [0.2, 0.25) is 11.7 Å². The van der Waals surface area contributed by atoms with Crippen LogP contribution in [-0.2, 0) is 35.0 Å². The van der Waals surface area contributed by atoms with Crippen LogP contribution >= 0.6 is 0 Å². The number of hydrogen-bond donors (Lipinski definition) is 3. The van der Waals surface area contributed by atoms with Crippen molar-refractivity contribution in [2.24, 2.45) is 0 Å². The summed E-state index contributed by atoms with van der Waals surface area (Å²) in [6.07, 6.45) is 2.53. The number of aliphatic carboxylic acids is 1. The van der Waals surface area contributed by atoms with Crippen LogP contribution in [0.15, 0.2) is 30.4 Å². The molecule has 0 bridgehead atoms. The SMILES string of the molecule is C=C(C(=O)O)C(=O)c1cc(CCCOCCOCCC(=O)NC(C)C(C)OCCC)ccc1NCCOC. The van der Waals surface area contributed by atoms with Crippen LogP contribution in [0.3, 0.4) is 0 Å². The lowest BCUT2D eigenvalue weighted by molar-refractivity contribution is -0.132. The van der Waals surface area contributed by atoms with Gasteiger partial charge in [-0.1, -0.05) is 19.6 Å². The van der Waals surface area contributed by atoms with Crippen LogP contribution < -0.4 is 10.6 Å². The molecule has 3 N–H and O–H groups in total. The van der Waals surface area contributed by atoms with Gasteiger partial charge in [-0.2, -0.15) is 0 Å². The molecule has 0 saturated carbocycles. The van der Waals surface area contributed by atoms with Gasteiger partial charge in [0.25, 0.3) is 0 Å². The summed E-state index contributed by atoms with van der Waals surface area (Å²) in [6, 6.07) is 5.28. The van der Waals surface area contributed by atoms with Crippen molar-refractivity contribution in [1.82, 2.24) is 5.32 Å². The molecule has 0 heterocycles. The Bertz CT molecular complexity index is 890. The van der Waals surface area contributed by atoms with Crippen molar-refractivity contribution in [2.75, 3.05) is 58.6 Å². The Morgan fingerprint density at radius 3 is 2.39 bits per heavy atom. The van der Waals surface area contributed by atoms with Crippen molar-refractivity contribution in [2.45, 2.75) is 58.6 Å². The Hall–Kier alpha value is -2.79. The number of Topliss-reactive ketones (excluding diaryl/α,β-unsaturated/α-hetero) is 1. The van der Waals surface area contributed by atoms with Crippen molar-refractivity contribution in [3.05, 3.63) is 41.5 Å². The van der Waals surface area contributed by atoms with Gasteiger partial charge in [-0.25, -0.2) is 4.79 Å². The summed E-state index contributed by atoms with van der Waals surface area (Å²) in [5, 5.41) is 15.2. The first-order valence-corrected chi connectivity index (χ1v) is 13.1. The molecule has 2 unspecified atom stereocenters. The second-order valence-corrected chi connectivity index (χ2v) is 8.92. The van der Waals surface area contributed by atoms with Gasteiger partial charge in [0.05, 0.1) is 38.6 Å². The van der Waals surface area contributed by atoms with E-state index < -0.39 is 17.3 Å². The highest BCUT2D eigenvalue weighted by molar-refractivity contribution is 6.25. The second kappa shape index (κ2) is 19.3. The number of anilines is 1. The van der Waals surface area contributed by atoms with Gasteiger partial charge in [0.15, 0.2) is 0 Å². The minimum absolute atomic E-state index is 0.0417. The van der Waals surface area contributed by atoms with E-state index in [2.05, 4.69) is 17.2 Å². The summed E-state index contributed by atoms with van der Waals surface area (Å²) in [6.45, 7) is 12.5. The van der Waals surface area contributed by atoms with Crippen molar-refractivity contribution >= 4 is 23.3 Å². The summed E-state index contributed by atoms with van der Waals surface area (Å²) in [4.78, 5) is 35.9. The minimum Gasteiger partial charge on any atom is -0.478 e. The van der Waals surface area contributed by atoms with E-state index in [4.69, 9.17) is 24.1 Å². The molecule has 1 rings (SSSR count). The maximum absolute atomic E-state index is 12.6. The van der Waals surface area contributed by atoms with Gasteiger partial charge >= 0.3 is 5.97 Å². The number of aryl methyl sites for hydroxylation is 1. The van der Waals surface area contributed by atoms with Gasteiger partial charge < -0.3 is 34.7 Å². The molecule has 0 aliphatic carbocycles. The smallest absolute Gasteiger partial charge is 0.339 e. The number of rotatable bonds is 22. The number of ketones is 1. The van der Waals surface area contributed by atoms with E-state index >= 15 is 0 Å². The Morgan fingerprint density at radius 1 is 1.03 bits per heavy atom. The molecule has 0 aliphatic rings. The lowest BCUT2D eigenvalue weighted by Crippen LogP contribution is -2.41. The predicted octanol–water partition coefficient (Wildman–Crippen LogP) is 3.24. The lowest BCUT2D eigenvalue weighted by atomic mass is 9.98. The van der Waals surface area contributed by atoms with E-state index in [1.165, 1.54) is 0 Å². The van der Waals surface area contributed by atoms with Crippen molar-refractivity contribution in [3.63, 3.8) is 0 Å². The number of methoxy groups -OCH3 is 1. The third-order valence-electron chi connectivity index (χ3n) is 5.76. The van der Waals surface area contributed by atoms with E-state index in [0.717, 1.165) is 12.0 Å². The number of benzene rings is 1. The first-order chi connectivity index (χ1) is 18.2. The number of amides is 1. The van der Waals surface area contributed by atoms with Crippen molar-refractivity contribution in [3.8, 4) is 0 Å². The van der Waals surface area contributed by atoms with E-state index in [-0.39, 0.29) is 30.0 Å². The number of nitrogens with one attached hydrogen (secondary N) is 2. The third-order valence-corrected chi connectivity index (χ3v) is 5.76. The molecule has 10 nitrogen and oxygen atoms in total. The maximum Gasteiger partial charge on any atom is 0.339 e. The molecule has 0 saturated heterocycles. The maximum atomic E-state index is 12.6. The van der Waals surface area contributed by atoms with Crippen LogP contribution in [0, 0.1) is 0 Å². The first-order valence-electron chi connectivity index (χ1n) is 13.1. The average Bonchev–Trinajstić information content (AvgIpc) is 2.90. The molecule has 1 aromatic rings. The number of hydrogen-bond acceptors (Lipinski definition) is 8. The molecule has 0 aliphatic heterocycles. The summed E-state index contributed by atoms with van der Waals surface area (Å²) in [7, 11) is 1.57. The average molecular weight is 537 g/mol. The van der Waals surface area contributed by atoms with Gasteiger partial charge in [-0.05, 0) is 50.8 Å². The summed E-state index contributed by atoms with van der Waals surface area (Å²) in [5.41, 5.74) is 1.21. The molecular formula is C28H44N2O8. The van der Waals surface area contributed by atoms with Crippen molar-refractivity contribution < 1.29 is 38.4 Å². The first kappa shape index (κ1) is 33.2. The third kappa shape index (κ3) is 13.1. The quantitative estimate of drug-likeness (QED) is 0.0671. The monoisotopic (exact) mass is 536 g/mol. The molecule has 0 radical (unpaired) electrons. The van der Waals surface area contributed by atoms with Crippen LogP contribution in [0.25, 0.3) is 0 Å². The Balaban J connectivity index is 2.34. The highest BCUT2D eigenvalue weighted by Gasteiger charge is 2.20. The second-order valence-electron chi connectivity index (χ2n) is 8.92. The molecule has 1 amide bonds.